The Bertz CT molecular complexity index is 547. The van der Waals surface area contributed by atoms with E-state index in [1.807, 2.05) is 12.1 Å². The molecule has 2 aromatic carbocycles. The zero-order valence-electron chi connectivity index (χ0n) is 11.2. The normalized spacial score (nSPS) is 17.8. The molecule has 0 spiro atoms. The monoisotopic (exact) mass is 253 g/mol. The van der Waals surface area contributed by atoms with E-state index in [0.717, 1.165) is 25.1 Å². The van der Waals surface area contributed by atoms with Crippen molar-refractivity contribution in [3.63, 3.8) is 0 Å². The summed E-state index contributed by atoms with van der Waals surface area (Å²) in [7, 11) is 1.70. The number of rotatable bonds is 3. The molecule has 1 unspecified atom stereocenters. The van der Waals surface area contributed by atoms with Crippen molar-refractivity contribution >= 4 is 0 Å². The van der Waals surface area contributed by atoms with Crippen LogP contribution in [0.2, 0.25) is 0 Å². The predicted octanol–water partition coefficient (Wildman–Crippen LogP) is 2.95. The lowest BCUT2D eigenvalue weighted by Crippen LogP contribution is -2.37. The van der Waals surface area contributed by atoms with E-state index >= 15 is 0 Å². The summed E-state index contributed by atoms with van der Waals surface area (Å²) >= 11 is 0. The van der Waals surface area contributed by atoms with Crippen molar-refractivity contribution in [2.45, 2.75) is 25.4 Å². The van der Waals surface area contributed by atoms with Gasteiger partial charge in [0, 0.05) is 12.6 Å². The Labute approximate surface area is 114 Å². The Kier molecular flexibility index (Phi) is 3.51. The SMILES string of the molecule is COc1ccc(CC2Cc3ccccc3CN2)cc1. The Balaban J connectivity index is 1.68. The number of methoxy groups -OCH3 is 1. The maximum Gasteiger partial charge on any atom is 0.118 e. The molecule has 3 rings (SSSR count). The van der Waals surface area contributed by atoms with Gasteiger partial charge in [-0.1, -0.05) is 36.4 Å². The first-order valence-corrected chi connectivity index (χ1v) is 6.78. The van der Waals surface area contributed by atoms with Crippen molar-refractivity contribution in [2.75, 3.05) is 7.11 Å². The number of benzene rings is 2. The zero-order valence-corrected chi connectivity index (χ0v) is 11.2. The predicted molar refractivity (Wildman–Crippen MR) is 77.5 cm³/mol. The molecule has 2 aromatic rings. The van der Waals surface area contributed by atoms with Gasteiger partial charge in [-0.05, 0) is 41.7 Å². The van der Waals surface area contributed by atoms with Gasteiger partial charge in [-0.25, -0.2) is 0 Å². The molecule has 0 saturated heterocycles. The minimum absolute atomic E-state index is 0.531. The molecule has 1 aliphatic heterocycles. The molecule has 2 heteroatoms. The van der Waals surface area contributed by atoms with Gasteiger partial charge in [0.25, 0.3) is 0 Å². The lowest BCUT2D eigenvalue weighted by molar-refractivity contribution is 0.414. The Morgan fingerprint density at radius 1 is 1.05 bits per heavy atom. The highest BCUT2D eigenvalue weighted by Crippen LogP contribution is 2.19. The van der Waals surface area contributed by atoms with Crippen molar-refractivity contribution in [1.29, 1.82) is 0 Å². The van der Waals surface area contributed by atoms with Crippen LogP contribution in [-0.2, 0) is 19.4 Å². The van der Waals surface area contributed by atoms with Crippen molar-refractivity contribution in [1.82, 2.24) is 5.32 Å². The number of fused-ring (bicyclic) bond motifs is 1. The van der Waals surface area contributed by atoms with E-state index in [2.05, 4.69) is 41.7 Å². The fourth-order valence-electron chi connectivity index (χ4n) is 2.71. The van der Waals surface area contributed by atoms with Crippen LogP contribution in [0.4, 0.5) is 0 Å². The fraction of sp³-hybridized carbons (Fsp3) is 0.294. The van der Waals surface area contributed by atoms with Gasteiger partial charge in [0.1, 0.15) is 5.75 Å². The Hall–Kier alpha value is -1.80. The molecule has 1 heterocycles. The summed E-state index contributed by atoms with van der Waals surface area (Å²) < 4.78 is 5.19. The van der Waals surface area contributed by atoms with Gasteiger partial charge in [0.2, 0.25) is 0 Å². The maximum atomic E-state index is 5.19. The minimum atomic E-state index is 0.531. The van der Waals surface area contributed by atoms with Gasteiger partial charge < -0.3 is 10.1 Å². The fourth-order valence-corrected chi connectivity index (χ4v) is 2.71. The van der Waals surface area contributed by atoms with Crippen LogP contribution in [-0.4, -0.2) is 13.2 Å². The highest BCUT2D eigenvalue weighted by Gasteiger charge is 2.17. The van der Waals surface area contributed by atoms with Crippen LogP contribution in [0.1, 0.15) is 16.7 Å². The van der Waals surface area contributed by atoms with Gasteiger partial charge in [-0.2, -0.15) is 0 Å². The molecule has 0 amide bonds. The van der Waals surface area contributed by atoms with E-state index in [-0.39, 0.29) is 0 Å². The molecule has 0 bridgehead atoms. The van der Waals surface area contributed by atoms with Crippen molar-refractivity contribution in [2.24, 2.45) is 0 Å². The Morgan fingerprint density at radius 3 is 2.53 bits per heavy atom. The summed E-state index contributed by atoms with van der Waals surface area (Å²) in [5.74, 6) is 0.922. The van der Waals surface area contributed by atoms with Crippen LogP contribution in [0.5, 0.6) is 5.75 Å². The van der Waals surface area contributed by atoms with Crippen LogP contribution in [0, 0.1) is 0 Å². The largest absolute Gasteiger partial charge is 0.497 e. The van der Waals surface area contributed by atoms with Gasteiger partial charge in [-0.15, -0.1) is 0 Å². The quantitative estimate of drug-likeness (QED) is 0.908. The minimum Gasteiger partial charge on any atom is -0.497 e. The number of nitrogens with one attached hydrogen (secondary N) is 1. The van der Waals surface area contributed by atoms with Crippen LogP contribution in [0.25, 0.3) is 0 Å². The molecule has 0 aromatic heterocycles. The Morgan fingerprint density at radius 2 is 1.79 bits per heavy atom. The maximum absolute atomic E-state index is 5.19. The van der Waals surface area contributed by atoms with Crippen LogP contribution < -0.4 is 10.1 Å². The smallest absolute Gasteiger partial charge is 0.118 e. The second-order valence-electron chi connectivity index (χ2n) is 5.10. The summed E-state index contributed by atoms with van der Waals surface area (Å²) in [5, 5.41) is 3.62. The number of hydrogen-bond acceptors (Lipinski definition) is 2. The van der Waals surface area contributed by atoms with Crippen LogP contribution in [0.3, 0.4) is 0 Å². The lowest BCUT2D eigenvalue weighted by Gasteiger charge is -2.26. The third-order valence-electron chi connectivity index (χ3n) is 3.81. The average molecular weight is 253 g/mol. The first-order valence-electron chi connectivity index (χ1n) is 6.78. The van der Waals surface area contributed by atoms with E-state index in [1.54, 1.807) is 7.11 Å². The van der Waals surface area contributed by atoms with E-state index in [0.29, 0.717) is 6.04 Å². The highest BCUT2D eigenvalue weighted by molar-refractivity contribution is 5.32. The van der Waals surface area contributed by atoms with Gasteiger partial charge >= 0.3 is 0 Å². The molecule has 2 nitrogen and oxygen atoms in total. The lowest BCUT2D eigenvalue weighted by atomic mass is 9.92. The third-order valence-corrected chi connectivity index (χ3v) is 3.81. The van der Waals surface area contributed by atoms with Gasteiger partial charge in [-0.3, -0.25) is 0 Å². The van der Waals surface area contributed by atoms with E-state index < -0.39 is 0 Å². The van der Waals surface area contributed by atoms with Crippen molar-refractivity contribution < 1.29 is 4.74 Å². The summed E-state index contributed by atoms with van der Waals surface area (Å²) in [4.78, 5) is 0. The third kappa shape index (κ3) is 2.79. The number of hydrogen-bond donors (Lipinski definition) is 1. The molecule has 0 fully saturated rings. The van der Waals surface area contributed by atoms with Crippen molar-refractivity contribution in [3.8, 4) is 5.75 Å². The van der Waals surface area contributed by atoms with E-state index in [4.69, 9.17) is 4.74 Å². The molecule has 1 aliphatic rings. The standard InChI is InChI=1S/C17H19NO/c1-19-17-8-6-13(7-9-17)10-16-11-14-4-2-3-5-15(14)12-18-16/h2-9,16,18H,10-12H2,1H3. The second kappa shape index (κ2) is 5.45. The van der Waals surface area contributed by atoms with Gasteiger partial charge in [0.15, 0.2) is 0 Å². The zero-order chi connectivity index (χ0) is 13.1. The molecule has 0 saturated carbocycles. The van der Waals surface area contributed by atoms with Crippen molar-refractivity contribution in [3.05, 3.63) is 65.2 Å². The topological polar surface area (TPSA) is 21.3 Å². The molecule has 98 valence electrons. The first kappa shape index (κ1) is 12.2. The summed E-state index contributed by atoms with van der Waals surface area (Å²) in [6.07, 6.45) is 2.18. The molecular formula is C17H19NO. The second-order valence-corrected chi connectivity index (χ2v) is 5.10. The molecular weight excluding hydrogens is 234 g/mol. The molecule has 0 radical (unpaired) electrons. The van der Waals surface area contributed by atoms with Crippen LogP contribution in [0.15, 0.2) is 48.5 Å². The van der Waals surface area contributed by atoms with E-state index in [1.165, 1.54) is 16.7 Å². The van der Waals surface area contributed by atoms with E-state index in [9.17, 15) is 0 Å². The summed E-state index contributed by atoms with van der Waals surface area (Å²) in [6.45, 7) is 0.983. The summed E-state index contributed by atoms with van der Waals surface area (Å²) in [5.41, 5.74) is 4.28. The molecule has 19 heavy (non-hydrogen) atoms. The summed E-state index contributed by atoms with van der Waals surface area (Å²) in [6, 6.07) is 17.6. The van der Waals surface area contributed by atoms with Gasteiger partial charge in [0.05, 0.1) is 7.11 Å². The molecule has 1 N–H and O–H groups in total. The first-order chi connectivity index (χ1) is 9.35. The molecule has 0 aliphatic carbocycles. The highest BCUT2D eigenvalue weighted by atomic mass is 16.5. The molecule has 1 atom stereocenters. The number of ether oxygens (including phenoxy) is 1. The van der Waals surface area contributed by atoms with Crippen LogP contribution >= 0.6 is 0 Å². The average Bonchev–Trinajstić information content (AvgIpc) is 2.48.